The molecule has 1 heterocycles. The third-order valence-corrected chi connectivity index (χ3v) is 3.18. The SMILES string of the molecule is COCCCN(C)Cn1nc(-c2ccccc2)oc1=S. The summed E-state index contributed by atoms with van der Waals surface area (Å²) in [5, 5.41) is 4.42. The Labute approximate surface area is 123 Å². The Hall–Kier alpha value is -1.50. The van der Waals surface area contributed by atoms with Crippen LogP contribution in [0.25, 0.3) is 11.5 Å². The first-order chi connectivity index (χ1) is 9.70. The van der Waals surface area contributed by atoms with E-state index in [4.69, 9.17) is 21.4 Å². The lowest BCUT2D eigenvalue weighted by Crippen LogP contribution is -2.24. The van der Waals surface area contributed by atoms with Gasteiger partial charge in [-0.3, -0.25) is 4.90 Å². The Bertz CT molecular complexity index is 580. The lowest BCUT2D eigenvalue weighted by atomic mass is 10.2. The Kier molecular flexibility index (Phi) is 5.46. The molecule has 0 saturated carbocycles. The molecule has 0 spiro atoms. The van der Waals surface area contributed by atoms with Gasteiger partial charge in [-0.2, -0.15) is 0 Å². The minimum atomic E-state index is 0.391. The third kappa shape index (κ3) is 4.00. The van der Waals surface area contributed by atoms with Gasteiger partial charge in [-0.1, -0.05) is 18.2 Å². The molecular formula is C14H19N3O2S. The molecule has 0 bridgehead atoms. The average molecular weight is 293 g/mol. The molecule has 0 N–H and O–H groups in total. The van der Waals surface area contributed by atoms with E-state index in [1.54, 1.807) is 11.8 Å². The fourth-order valence-corrected chi connectivity index (χ4v) is 2.05. The van der Waals surface area contributed by atoms with Crippen LogP contribution >= 0.6 is 12.2 Å². The number of rotatable bonds is 7. The van der Waals surface area contributed by atoms with Crippen molar-refractivity contribution in [3.8, 4) is 11.5 Å². The Balaban J connectivity index is 2.03. The molecular weight excluding hydrogens is 274 g/mol. The largest absolute Gasteiger partial charge is 0.409 e. The number of benzene rings is 1. The summed E-state index contributed by atoms with van der Waals surface area (Å²) in [6.07, 6.45) is 0.976. The van der Waals surface area contributed by atoms with E-state index in [2.05, 4.69) is 10.00 Å². The van der Waals surface area contributed by atoms with Crippen LogP contribution in [-0.4, -0.2) is 42.0 Å². The van der Waals surface area contributed by atoms with Gasteiger partial charge in [-0.05, 0) is 37.8 Å². The zero-order valence-corrected chi connectivity index (χ0v) is 12.6. The quantitative estimate of drug-likeness (QED) is 0.580. The van der Waals surface area contributed by atoms with Crippen LogP contribution in [-0.2, 0) is 11.4 Å². The second-order valence-electron chi connectivity index (χ2n) is 4.61. The van der Waals surface area contributed by atoms with Crippen molar-refractivity contribution in [2.75, 3.05) is 27.3 Å². The third-order valence-electron chi connectivity index (χ3n) is 2.89. The van der Waals surface area contributed by atoms with Crippen LogP contribution in [0.1, 0.15) is 6.42 Å². The highest BCUT2D eigenvalue weighted by Gasteiger charge is 2.09. The van der Waals surface area contributed by atoms with Crippen LogP contribution in [0.3, 0.4) is 0 Å². The van der Waals surface area contributed by atoms with Gasteiger partial charge in [-0.25, -0.2) is 4.68 Å². The second kappa shape index (κ2) is 7.33. The Morgan fingerprint density at radius 1 is 1.35 bits per heavy atom. The summed E-state index contributed by atoms with van der Waals surface area (Å²) < 4.78 is 12.3. The van der Waals surface area contributed by atoms with Crippen LogP contribution in [0, 0.1) is 4.84 Å². The molecule has 2 aromatic rings. The van der Waals surface area contributed by atoms with E-state index in [1.807, 2.05) is 37.4 Å². The standard InChI is InChI=1S/C14H19N3O2S/c1-16(9-6-10-18-2)11-17-14(20)19-13(15-17)12-7-4-3-5-8-12/h3-5,7-8H,6,9-11H2,1-2H3. The minimum absolute atomic E-state index is 0.391. The molecule has 108 valence electrons. The average Bonchev–Trinajstić information content (AvgIpc) is 2.81. The van der Waals surface area contributed by atoms with Gasteiger partial charge >= 0.3 is 0 Å². The van der Waals surface area contributed by atoms with E-state index in [9.17, 15) is 0 Å². The molecule has 0 unspecified atom stereocenters. The van der Waals surface area contributed by atoms with Gasteiger partial charge in [0.15, 0.2) is 0 Å². The summed E-state index contributed by atoms with van der Waals surface area (Å²) in [7, 11) is 3.73. The maximum Gasteiger partial charge on any atom is 0.288 e. The first kappa shape index (κ1) is 14.9. The van der Waals surface area contributed by atoms with E-state index >= 15 is 0 Å². The van der Waals surface area contributed by atoms with Crippen molar-refractivity contribution in [3.05, 3.63) is 35.2 Å². The van der Waals surface area contributed by atoms with Crippen molar-refractivity contribution in [2.45, 2.75) is 13.1 Å². The zero-order chi connectivity index (χ0) is 14.4. The number of nitrogens with zero attached hydrogens (tertiary/aromatic N) is 3. The smallest absolute Gasteiger partial charge is 0.288 e. The molecule has 1 aromatic heterocycles. The minimum Gasteiger partial charge on any atom is -0.409 e. The number of methoxy groups -OCH3 is 1. The van der Waals surface area contributed by atoms with Crippen LogP contribution in [0.5, 0.6) is 0 Å². The predicted molar refractivity (Wildman–Crippen MR) is 79.9 cm³/mol. The summed E-state index contributed by atoms with van der Waals surface area (Å²) >= 11 is 5.21. The topological polar surface area (TPSA) is 43.4 Å². The highest BCUT2D eigenvalue weighted by Crippen LogP contribution is 2.17. The molecule has 6 heteroatoms. The van der Waals surface area contributed by atoms with E-state index < -0.39 is 0 Å². The normalized spacial score (nSPS) is 11.2. The number of hydrogen-bond acceptors (Lipinski definition) is 5. The predicted octanol–water partition coefficient (Wildman–Crippen LogP) is 2.80. The van der Waals surface area contributed by atoms with Gasteiger partial charge in [0, 0.05) is 25.8 Å². The fourth-order valence-electron chi connectivity index (χ4n) is 1.87. The van der Waals surface area contributed by atoms with Crippen LogP contribution in [0.4, 0.5) is 0 Å². The number of ether oxygens (including phenoxy) is 1. The van der Waals surface area contributed by atoms with Gasteiger partial charge in [-0.15, -0.1) is 5.10 Å². The highest BCUT2D eigenvalue weighted by molar-refractivity contribution is 7.71. The second-order valence-corrected chi connectivity index (χ2v) is 4.96. The lowest BCUT2D eigenvalue weighted by Gasteiger charge is -2.15. The van der Waals surface area contributed by atoms with E-state index in [0.717, 1.165) is 25.1 Å². The summed E-state index contributed by atoms with van der Waals surface area (Å²) in [6, 6.07) is 9.76. The van der Waals surface area contributed by atoms with Crippen LogP contribution < -0.4 is 0 Å². The molecule has 0 aliphatic carbocycles. The van der Waals surface area contributed by atoms with Crippen molar-refractivity contribution in [1.82, 2.24) is 14.7 Å². The van der Waals surface area contributed by atoms with Crippen molar-refractivity contribution >= 4 is 12.2 Å². The molecule has 20 heavy (non-hydrogen) atoms. The van der Waals surface area contributed by atoms with Gasteiger partial charge in [0.25, 0.3) is 4.84 Å². The number of hydrogen-bond donors (Lipinski definition) is 0. The molecule has 0 radical (unpaired) electrons. The first-order valence-electron chi connectivity index (χ1n) is 6.51. The van der Waals surface area contributed by atoms with E-state index in [0.29, 0.717) is 17.4 Å². The molecule has 0 atom stereocenters. The summed E-state index contributed by atoms with van der Waals surface area (Å²) in [5.41, 5.74) is 0.930. The molecule has 0 aliphatic heterocycles. The Morgan fingerprint density at radius 2 is 2.10 bits per heavy atom. The van der Waals surface area contributed by atoms with Crippen LogP contribution in [0.2, 0.25) is 0 Å². The lowest BCUT2D eigenvalue weighted by molar-refractivity contribution is 0.167. The molecule has 2 rings (SSSR count). The molecule has 0 aliphatic rings. The summed E-state index contributed by atoms with van der Waals surface area (Å²) in [4.78, 5) is 2.52. The zero-order valence-electron chi connectivity index (χ0n) is 11.8. The number of aromatic nitrogens is 2. The van der Waals surface area contributed by atoms with Gasteiger partial charge in [0.1, 0.15) is 0 Å². The molecule has 0 amide bonds. The van der Waals surface area contributed by atoms with Crippen molar-refractivity contribution in [2.24, 2.45) is 0 Å². The van der Waals surface area contributed by atoms with Crippen molar-refractivity contribution in [3.63, 3.8) is 0 Å². The summed E-state index contributed by atoms with van der Waals surface area (Å²) in [5.74, 6) is 0.556. The molecule has 0 saturated heterocycles. The fraction of sp³-hybridized carbons (Fsp3) is 0.429. The molecule has 0 fully saturated rings. The summed E-state index contributed by atoms with van der Waals surface area (Å²) in [6.45, 7) is 2.28. The van der Waals surface area contributed by atoms with Crippen LogP contribution in [0.15, 0.2) is 34.7 Å². The van der Waals surface area contributed by atoms with Gasteiger partial charge < -0.3 is 9.15 Å². The van der Waals surface area contributed by atoms with Crippen molar-refractivity contribution in [1.29, 1.82) is 0 Å². The van der Waals surface area contributed by atoms with Gasteiger partial charge in [0.2, 0.25) is 5.89 Å². The first-order valence-corrected chi connectivity index (χ1v) is 6.92. The molecule has 1 aromatic carbocycles. The van der Waals surface area contributed by atoms with Crippen molar-refractivity contribution < 1.29 is 9.15 Å². The van der Waals surface area contributed by atoms with Gasteiger partial charge in [0.05, 0.1) is 6.67 Å². The molecule has 5 nitrogen and oxygen atoms in total. The van der Waals surface area contributed by atoms with E-state index in [-0.39, 0.29) is 0 Å². The highest BCUT2D eigenvalue weighted by atomic mass is 32.1. The monoisotopic (exact) mass is 293 g/mol. The van der Waals surface area contributed by atoms with E-state index in [1.165, 1.54) is 0 Å². The maximum absolute atomic E-state index is 5.54. The maximum atomic E-state index is 5.54. The Morgan fingerprint density at radius 3 is 2.80 bits per heavy atom.